The van der Waals surface area contributed by atoms with Crippen LogP contribution in [-0.2, 0) is 18.5 Å². The number of hydrogen-bond donors (Lipinski definition) is 3. The average Bonchev–Trinajstić information content (AvgIpc) is 3.05. The van der Waals surface area contributed by atoms with Crippen molar-refractivity contribution in [2.45, 2.75) is 83.7 Å². The Morgan fingerprint density at radius 1 is 1.34 bits per heavy atom. The number of fused-ring (bicyclic) bond motifs is 5. The van der Waals surface area contributed by atoms with Gasteiger partial charge in [0.2, 0.25) is 0 Å². The van der Waals surface area contributed by atoms with E-state index in [0.717, 1.165) is 31.3 Å². The maximum atomic E-state index is 13.3. The molecular formula is C25H36O6S. The number of rotatable bonds is 7. The molecule has 0 amide bonds. The fourth-order valence-electron chi connectivity index (χ4n) is 7.75. The molecule has 6 nitrogen and oxygen atoms in total. The lowest BCUT2D eigenvalue weighted by Gasteiger charge is -2.60. The molecular weight excluding hydrogens is 428 g/mol. The summed E-state index contributed by atoms with van der Waals surface area (Å²) in [5.74, 6) is 0.0183. The molecule has 7 heteroatoms. The molecule has 4 aliphatic rings. The Kier molecular flexibility index (Phi) is 6.53. The van der Waals surface area contributed by atoms with Gasteiger partial charge in [-0.05, 0) is 75.4 Å². The van der Waals surface area contributed by atoms with E-state index in [2.05, 4.69) is 19.8 Å². The van der Waals surface area contributed by atoms with Gasteiger partial charge in [-0.25, -0.2) is 0 Å². The van der Waals surface area contributed by atoms with E-state index in [1.165, 1.54) is 0 Å². The molecule has 4 rings (SSSR count). The molecule has 8 unspecified atom stereocenters. The van der Waals surface area contributed by atoms with Crippen LogP contribution >= 0.6 is 12.9 Å². The second kappa shape index (κ2) is 8.66. The van der Waals surface area contributed by atoms with Crippen LogP contribution in [0, 0.1) is 28.6 Å². The molecule has 2 N–H and O–H groups in total. The highest BCUT2D eigenvalue weighted by molar-refractivity contribution is 7.75. The number of carbonyl (C=O) groups is 2. The number of Topliss-reactive ketones (excluding diaryl/α,β-unsaturated/α-hetero) is 1. The Hall–Kier alpha value is -0.990. The Morgan fingerprint density at radius 2 is 2.09 bits per heavy atom. The summed E-state index contributed by atoms with van der Waals surface area (Å²) in [6.45, 7) is 5.59. The van der Waals surface area contributed by atoms with Crippen molar-refractivity contribution in [2.24, 2.45) is 28.6 Å². The van der Waals surface area contributed by atoms with Crippen molar-refractivity contribution in [1.82, 2.24) is 0 Å². The first kappa shape index (κ1) is 24.1. The summed E-state index contributed by atoms with van der Waals surface area (Å²) in [6.07, 6.45) is 8.81. The number of aliphatic hydroxyl groups excluding tert-OH is 2. The third kappa shape index (κ3) is 3.38. The average molecular weight is 465 g/mol. The number of aliphatic hydroxyl groups is 2. The van der Waals surface area contributed by atoms with Crippen molar-refractivity contribution >= 4 is 24.5 Å². The van der Waals surface area contributed by atoms with Gasteiger partial charge >= 0.3 is 0 Å². The lowest BCUT2D eigenvalue weighted by atomic mass is 9.46. The topological polar surface area (TPSA) is 93.1 Å². The molecule has 0 spiro atoms. The standard InChI is InChI=1S/C25H36O6S/c1-4-5-21(31-32)30-25(20(29)14-26)11-9-18-17-7-6-15-12-16(27)8-10-23(15,2)22(17)19(28)13-24(18,25)3/h8,10,12,17-19,21-22,26,28,32H,4-7,9,11,13-14H2,1-3H3. The molecule has 0 bridgehead atoms. The predicted octanol–water partition coefficient (Wildman–Crippen LogP) is 3.57. The molecule has 4 aliphatic carbocycles. The van der Waals surface area contributed by atoms with Crippen LogP contribution in [0.25, 0.3) is 0 Å². The number of ketones is 2. The van der Waals surface area contributed by atoms with Gasteiger partial charge in [0.1, 0.15) is 12.2 Å². The smallest absolute Gasteiger partial charge is 0.190 e. The van der Waals surface area contributed by atoms with Gasteiger partial charge in [0, 0.05) is 16.7 Å². The Morgan fingerprint density at radius 3 is 2.75 bits per heavy atom. The van der Waals surface area contributed by atoms with Crippen LogP contribution in [0.1, 0.15) is 65.7 Å². The van der Waals surface area contributed by atoms with Gasteiger partial charge in [-0.1, -0.05) is 38.8 Å². The van der Waals surface area contributed by atoms with Crippen molar-refractivity contribution in [3.8, 4) is 0 Å². The Balaban J connectivity index is 1.73. The fraction of sp³-hybridized carbons (Fsp3) is 0.760. The summed E-state index contributed by atoms with van der Waals surface area (Å²) >= 11 is 3.98. The van der Waals surface area contributed by atoms with E-state index in [1.807, 2.05) is 19.9 Å². The van der Waals surface area contributed by atoms with E-state index in [1.54, 1.807) is 12.2 Å². The van der Waals surface area contributed by atoms with Gasteiger partial charge in [0.15, 0.2) is 17.9 Å². The number of allylic oxidation sites excluding steroid dienone is 4. The largest absolute Gasteiger partial charge is 0.393 e. The molecule has 0 aromatic rings. The quantitative estimate of drug-likeness (QED) is 0.303. The van der Waals surface area contributed by atoms with E-state index in [9.17, 15) is 19.8 Å². The van der Waals surface area contributed by atoms with E-state index in [0.29, 0.717) is 19.3 Å². The normalized spacial score (nSPS) is 43.8. The maximum Gasteiger partial charge on any atom is 0.190 e. The van der Waals surface area contributed by atoms with Crippen molar-refractivity contribution < 1.29 is 28.7 Å². The highest BCUT2D eigenvalue weighted by atomic mass is 32.1. The zero-order valence-electron chi connectivity index (χ0n) is 19.3. The molecule has 0 radical (unpaired) electrons. The number of hydrogen-bond acceptors (Lipinski definition) is 7. The van der Waals surface area contributed by atoms with Crippen molar-refractivity contribution in [1.29, 1.82) is 0 Å². The van der Waals surface area contributed by atoms with Crippen molar-refractivity contribution in [3.05, 3.63) is 23.8 Å². The van der Waals surface area contributed by atoms with Crippen LogP contribution in [0.15, 0.2) is 23.8 Å². The SMILES string of the molecule is CCCC(OS)OC1(C(=O)CO)CCC2C3CCC4=CC(=O)C=CC4(C)C3C(O)CC21C. The van der Waals surface area contributed by atoms with Crippen LogP contribution in [0.2, 0.25) is 0 Å². The third-order valence-corrected chi connectivity index (χ3v) is 9.42. The summed E-state index contributed by atoms with van der Waals surface area (Å²) in [4.78, 5) is 25.2. The zero-order valence-corrected chi connectivity index (χ0v) is 20.1. The molecule has 8 atom stereocenters. The minimum absolute atomic E-state index is 0.0154. The monoisotopic (exact) mass is 464 g/mol. The first-order valence-corrected chi connectivity index (χ1v) is 12.3. The zero-order chi connectivity index (χ0) is 23.3. The van der Waals surface area contributed by atoms with Crippen LogP contribution in [0.5, 0.6) is 0 Å². The Bertz CT molecular complexity index is 838. The summed E-state index contributed by atoms with van der Waals surface area (Å²) in [6, 6.07) is 0. The molecule has 178 valence electrons. The highest BCUT2D eigenvalue weighted by Gasteiger charge is 2.69. The summed E-state index contributed by atoms with van der Waals surface area (Å²) in [5.41, 5.74) is -1.09. The molecule has 0 aliphatic heterocycles. The molecule has 0 aromatic carbocycles. The molecule has 0 aromatic heterocycles. The second-order valence-corrected chi connectivity index (χ2v) is 10.8. The summed E-state index contributed by atoms with van der Waals surface area (Å²) in [7, 11) is 0. The molecule has 3 fully saturated rings. The van der Waals surface area contributed by atoms with Crippen LogP contribution in [0.4, 0.5) is 0 Å². The molecule has 0 heterocycles. The van der Waals surface area contributed by atoms with E-state index >= 15 is 0 Å². The maximum absolute atomic E-state index is 13.3. The lowest BCUT2D eigenvalue weighted by molar-refractivity contribution is -0.232. The number of carbonyl (C=O) groups excluding carboxylic acids is 2. The van der Waals surface area contributed by atoms with E-state index in [4.69, 9.17) is 8.92 Å². The lowest BCUT2D eigenvalue weighted by Crippen LogP contribution is -2.63. The minimum atomic E-state index is -1.21. The van der Waals surface area contributed by atoms with Gasteiger partial charge in [-0.3, -0.25) is 13.8 Å². The van der Waals surface area contributed by atoms with Gasteiger partial charge in [-0.2, -0.15) is 0 Å². The number of thiol groups is 1. The van der Waals surface area contributed by atoms with E-state index < -0.39 is 30.0 Å². The molecule has 32 heavy (non-hydrogen) atoms. The van der Waals surface area contributed by atoms with Gasteiger partial charge in [-0.15, -0.1) is 0 Å². The molecule has 3 saturated carbocycles. The molecule has 0 saturated heterocycles. The van der Waals surface area contributed by atoms with Crippen molar-refractivity contribution in [3.63, 3.8) is 0 Å². The highest BCUT2D eigenvalue weighted by Crippen LogP contribution is 2.68. The minimum Gasteiger partial charge on any atom is -0.393 e. The Labute approximate surface area is 196 Å². The van der Waals surface area contributed by atoms with E-state index in [-0.39, 0.29) is 34.7 Å². The van der Waals surface area contributed by atoms with Crippen molar-refractivity contribution in [2.75, 3.05) is 6.61 Å². The summed E-state index contributed by atoms with van der Waals surface area (Å²) < 4.78 is 11.7. The van der Waals surface area contributed by atoms with Gasteiger partial charge < -0.3 is 14.9 Å². The van der Waals surface area contributed by atoms with Gasteiger partial charge in [0.05, 0.1) is 6.10 Å². The fourth-order valence-corrected chi connectivity index (χ4v) is 7.90. The number of ether oxygens (including phenoxy) is 1. The first-order valence-electron chi connectivity index (χ1n) is 11.9. The van der Waals surface area contributed by atoms with Crippen LogP contribution < -0.4 is 0 Å². The first-order chi connectivity index (χ1) is 15.2. The second-order valence-electron chi connectivity index (χ2n) is 10.6. The predicted molar refractivity (Wildman–Crippen MR) is 123 cm³/mol. The third-order valence-electron chi connectivity index (χ3n) is 9.18. The van der Waals surface area contributed by atoms with Crippen LogP contribution in [-0.4, -0.2) is 46.4 Å². The van der Waals surface area contributed by atoms with Crippen LogP contribution in [0.3, 0.4) is 0 Å². The van der Waals surface area contributed by atoms with Gasteiger partial charge in [0.25, 0.3) is 0 Å². The summed E-state index contributed by atoms with van der Waals surface area (Å²) in [5, 5.41) is 21.4.